The van der Waals surface area contributed by atoms with Gasteiger partial charge < -0.3 is 9.64 Å². The maximum atomic E-state index is 12.7. The lowest BCUT2D eigenvalue weighted by atomic mass is 9.85. The van der Waals surface area contributed by atoms with Gasteiger partial charge in [0.25, 0.3) is 5.91 Å². The lowest BCUT2D eigenvalue weighted by Gasteiger charge is -2.43. The molecule has 7 heteroatoms. The van der Waals surface area contributed by atoms with E-state index in [1.807, 2.05) is 12.2 Å². The molecule has 2 atom stereocenters. The van der Waals surface area contributed by atoms with Crippen LogP contribution in [-0.4, -0.2) is 53.8 Å². The second kappa shape index (κ2) is 6.54. The van der Waals surface area contributed by atoms with Gasteiger partial charge in [-0.2, -0.15) is 0 Å². The highest BCUT2D eigenvalue weighted by Crippen LogP contribution is 2.38. The second-order valence-electron chi connectivity index (χ2n) is 6.91. The number of rotatable bonds is 3. The van der Waals surface area contributed by atoms with Crippen LogP contribution in [0.5, 0.6) is 5.75 Å². The van der Waals surface area contributed by atoms with Gasteiger partial charge in [-0.25, -0.2) is 0 Å². The van der Waals surface area contributed by atoms with E-state index in [4.69, 9.17) is 4.74 Å². The summed E-state index contributed by atoms with van der Waals surface area (Å²) in [7, 11) is 1.55. The quantitative estimate of drug-likeness (QED) is 0.557. The highest BCUT2D eigenvalue weighted by Gasteiger charge is 2.52. The van der Waals surface area contributed by atoms with Crippen LogP contribution in [0.25, 0.3) is 0 Å². The summed E-state index contributed by atoms with van der Waals surface area (Å²) in [5.41, 5.74) is 0.514. The Labute approximate surface area is 159 Å². The fraction of sp³-hybridized carbons (Fsp3) is 0.421. The molecule has 2 fully saturated rings. The van der Waals surface area contributed by atoms with E-state index < -0.39 is 0 Å². The highest BCUT2D eigenvalue weighted by molar-refractivity contribution is 9.10. The average Bonchev–Trinajstić information content (AvgIpc) is 2.86. The largest absolute Gasteiger partial charge is 0.497 e. The van der Waals surface area contributed by atoms with Crippen molar-refractivity contribution in [2.24, 2.45) is 11.8 Å². The smallest absolute Gasteiger partial charge is 0.255 e. The van der Waals surface area contributed by atoms with Crippen LogP contribution in [0.4, 0.5) is 0 Å². The molecule has 1 aromatic carbocycles. The fourth-order valence-electron chi connectivity index (χ4n) is 3.94. The molecule has 3 amide bonds. The van der Waals surface area contributed by atoms with Crippen molar-refractivity contribution in [2.45, 2.75) is 18.9 Å². The number of hydrogen-bond acceptors (Lipinski definition) is 4. The molecular weight excluding hydrogens is 400 g/mol. The number of likely N-dealkylation sites (tertiary alicyclic amines) is 2. The zero-order chi connectivity index (χ0) is 18.4. The van der Waals surface area contributed by atoms with Crippen LogP contribution in [0.15, 0.2) is 34.8 Å². The van der Waals surface area contributed by atoms with Gasteiger partial charge in [0, 0.05) is 17.6 Å². The number of nitrogens with zero attached hydrogens (tertiary/aromatic N) is 2. The zero-order valence-electron chi connectivity index (χ0n) is 14.4. The van der Waals surface area contributed by atoms with Gasteiger partial charge in [0.15, 0.2) is 0 Å². The molecule has 0 N–H and O–H groups in total. The first-order chi connectivity index (χ1) is 12.5. The molecule has 26 heavy (non-hydrogen) atoms. The molecule has 0 radical (unpaired) electrons. The molecule has 2 saturated heterocycles. The van der Waals surface area contributed by atoms with E-state index in [0.29, 0.717) is 41.7 Å². The minimum absolute atomic E-state index is 0.0796. The van der Waals surface area contributed by atoms with E-state index in [0.717, 1.165) is 0 Å². The molecule has 2 aliphatic heterocycles. The summed E-state index contributed by atoms with van der Waals surface area (Å²) >= 11 is 3.40. The summed E-state index contributed by atoms with van der Waals surface area (Å²) in [6.45, 7) is 0.764. The molecule has 2 heterocycles. The molecule has 6 nitrogen and oxygen atoms in total. The maximum absolute atomic E-state index is 12.7. The Balaban J connectivity index is 1.45. The first kappa shape index (κ1) is 17.3. The zero-order valence-corrected chi connectivity index (χ0v) is 15.9. The number of hydrogen-bond donors (Lipinski definition) is 0. The van der Waals surface area contributed by atoms with Gasteiger partial charge in [-0.05, 0) is 47.0 Å². The van der Waals surface area contributed by atoms with Gasteiger partial charge in [0.1, 0.15) is 5.75 Å². The average molecular weight is 419 g/mol. The van der Waals surface area contributed by atoms with E-state index in [1.165, 1.54) is 4.90 Å². The molecule has 4 rings (SSSR count). The van der Waals surface area contributed by atoms with Crippen LogP contribution < -0.4 is 4.74 Å². The van der Waals surface area contributed by atoms with Crippen molar-refractivity contribution in [3.63, 3.8) is 0 Å². The van der Waals surface area contributed by atoms with Gasteiger partial charge in [-0.15, -0.1) is 0 Å². The standard InChI is InChI=1S/C19H19BrN2O4/c1-26-12-6-7-16(20)15(8-12)17(23)21-9-11(10-21)22-18(24)13-4-2-3-5-14(13)19(22)25/h2-3,6-8,11,13-14H,4-5,9-10H2,1H3. The Hall–Kier alpha value is -2.15. The van der Waals surface area contributed by atoms with Crippen molar-refractivity contribution < 1.29 is 19.1 Å². The Morgan fingerprint density at radius 1 is 1.12 bits per heavy atom. The molecule has 0 bridgehead atoms. The number of carbonyl (C=O) groups excluding carboxylic acids is 3. The number of benzene rings is 1. The summed E-state index contributed by atoms with van der Waals surface area (Å²) in [6.07, 6.45) is 5.23. The molecule has 1 aromatic rings. The molecule has 0 aromatic heterocycles. The number of fused-ring (bicyclic) bond motifs is 1. The molecule has 1 aliphatic carbocycles. The van der Waals surface area contributed by atoms with E-state index >= 15 is 0 Å². The lowest BCUT2D eigenvalue weighted by molar-refractivity contribution is -0.145. The van der Waals surface area contributed by atoms with E-state index in [1.54, 1.807) is 30.2 Å². The van der Waals surface area contributed by atoms with E-state index in [-0.39, 0.29) is 35.6 Å². The van der Waals surface area contributed by atoms with Crippen molar-refractivity contribution in [1.29, 1.82) is 0 Å². The number of amides is 3. The molecule has 3 aliphatic rings. The number of carbonyl (C=O) groups is 3. The van der Waals surface area contributed by atoms with Gasteiger partial charge in [0.05, 0.1) is 30.6 Å². The fourth-order valence-corrected chi connectivity index (χ4v) is 4.35. The predicted octanol–water partition coefficient (Wildman–Crippen LogP) is 2.23. The lowest BCUT2D eigenvalue weighted by Crippen LogP contribution is -2.62. The summed E-state index contributed by atoms with van der Waals surface area (Å²) in [5.74, 6) is -0.122. The third-order valence-electron chi connectivity index (χ3n) is 5.46. The number of imide groups is 1. The second-order valence-corrected chi connectivity index (χ2v) is 7.77. The van der Waals surface area contributed by atoms with Gasteiger partial charge in [0.2, 0.25) is 11.8 Å². The van der Waals surface area contributed by atoms with Crippen molar-refractivity contribution in [1.82, 2.24) is 9.80 Å². The molecule has 0 saturated carbocycles. The van der Waals surface area contributed by atoms with Gasteiger partial charge in [-0.3, -0.25) is 19.3 Å². The predicted molar refractivity (Wildman–Crippen MR) is 97.6 cm³/mol. The third kappa shape index (κ3) is 2.65. The SMILES string of the molecule is COc1ccc(Br)c(C(=O)N2CC(N3C(=O)C4CC=CCC4C3=O)C2)c1. The number of halogens is 1. The summed E-state index contributed by atoms with van der Waals surface area (Å²) < 4.78 is 5.87. The third-order valence-corrected chi connectivity index (χ3v) is 6.15. The molecular formula is C19H19BrN2O4. The van der Waals surface area contributed by atoms with Gasteiger partial charge in [-0.1, -0.05) is 12.2 Å². The van der Waals surface area contributed by atoms with Crippen LogP contribution in [0, 0.1) is 11.8 Å². The van der Waals surface area contributed by atoms with Crippen LogP contribution in [0.2, 0.25) is 0 Å². The number of methoxy groups -OCH3 is 1. The minimum atomic E-state index is -0.218. The molecule has 136 valence electrons. The Kier molecular flexibility index (Phi) is 4.34. The van der Waals surface area contributed by atoms with Crippen LogP contribution in [-0.2, 0) is 9.59 Å². The van der Waals surface area contributed by atoms with Crippen LogP contribution in [0.1, 0.15) is 23.2 Å². The monoisotopic (exact) mass is 418 g/mol. The first-order valence-electron chi connectivity index (χ1n) is 8.66. The van der Waals surface area contributed by atoms with Crippen LogP contribution in [0.3, 0.4) is 0 Å². The van der Waals surface area contributed by atoms with Crippen molar-refractivity contribution in [2.75, 3.05) is 20.2 Å². The summed E-state index contributed by atoms with van der Waals surface area (Å²) in [4.78, 5) is 41.0. The number of ether oxygens (including phenoxy) is 1. The summed E-state index contributed by atoms with van der Waals surface area (Å²) in [6, 6.07) is 5.02. The highest BCUT2D eigenvalue weighted by atomic mass is 79.9. The Bertz CT molecular complexity index is 790. The van der Waals surface area contributed by atoms with E-state index in [9.17, 15) is 14.4 Å². The maximum Gasteiger partial charge on any atom is 0.255 e. The van der Waals surface area contributed by atoms with Crippen molar-refractivity contribution in [3.05, 3.63) is 40.4 Å². The van der Waals surface area contributed by atoms with Crippen molar-refractivity contribution >= 4 is 33.7 Å². The van der Waals surface area contributed by atoms with Crippen molar-refractivity contribution in [3.8, 4) is 5.75 Å². The number of allylic oxidation sites excluding steroid dienone is 2. The normalized spacial score (nSPS) is 25.3. The topological polar surface area (TPSA) is 66.9 Å². The first-order valence-corrected chi connectivity index (χ1v) is 9.45. The van der Waals surface area contributed by atoms with Gasteiger partial charge >= 0.3 is 0 Å². The Morgan fingerprint density at radius 3 is 2.31 bits per heavy atom. The van der Waals surface area contributed by atoms with E-state index in [2.05, 4.69) is 15.9 Å². The molecule has 0 spiro atoms. The Morgan fingerprint density at radius 2 is 1.73 bits per heavy atom. The summed E-state index contributed by atoms with van der Waals surface area (Å²) in [5, 5.41) is 0. The van der Waals surface area contributed by atoms with Crippen LogP contribution >= 0.6 is 15.9 Å². The molecule has 2 unspecified atom stereocenters. The minimum Gasteiger partial charge on any atom is -0.497 e.